The van der Waals surface area contributed by atoms with Gasteiger partial charge in [0.1, 0.15) is 11.5 Å². The van der Waals surface area contributed by atoms with E-state index in [0.717, 1.165) is 37.3 Å². The van der Waals surface area contributed by atoms with Crippen molar-refractivity contribution in [1.29, 1.82) is 0 Å². The van der Waals surface area contributed by atoms with Crippen LogP contribution in [0, 0.1) is 0 Å². The Bertz CT molecular complexity index is 835. The molecule has 0 aliphatic carbocycles. The summed E-state index contributed by atoms with van der Waals surface area (Å²) in [5.41, 5.74) is 1.30. The van der Waals surface area contributed by atoms with Crippen LogP contribution in [0.5, 0.6) is 0 Å². The van der Waals surface area contributed by atoms with Crippen LogP contribution >= 0.6 is 0 Å². The third-order valence-corrected chi connectivity index (χ3v) is 3.96. The lowest BCUT2D eigenvalue weighted by Crippen LogP contribution is -2.21. The molecule has 7 heteroatoms. The average molecular weight is 308 g/mol. The molecule has 3 heterocycles. The highest BCUT2D eigenvalue weighted by Gasteiger charge is 2.20. The Labute approximate surface area is 133 Å². The van der Waals surface area contributed by atoms with Crippen LogP contribution in [0.15, 0.2) is 42.6 Å². The fourth-order valence-electron chi connectivity index (χ4n) is 2.82. The number of fused-ring (bicyclic) bond motifs is 1. The number of nitrogens with one attached hydrogen (secondary N) is 1. The van der Waals surface area contributed by atoms with Crippen LogP contribution in [-0.2, 0) is 13.0 Å². The first-order valence-electron chi connectivity index (χ1n) is 7.66. The quantitative estimate of drug-likeness (QED) is 0.803. The van der Waals surface area contributed by atoms with Crippen LogP contribution in [-0.4, -0.2) is 30.5 Å². The molecule has 1 N–H and O–H groups in total. The summed E-state index contributed by atoms with van der Waals surface area (Å²) in [5, 5.41) is 15.3. The second kappa shape index (κ2) is 5.68. The van der Waals surface area contributed by atoms with E-state index in [2.05, 4.69) is 20.6 Å². The fraction of sp³-hybridized carbons (Fsp3) is 0.250. The molecule has 0 fully saturated rings. The highest BCUT2D eigenvalue weighted by Crippen LogP contribution is 2.18. The van der Waals surface area contributed by atoms with Gasteiger partial charge in [0.15, 0.2) is 0 Å². The summed E-state index contributed by atoms with van der Waals surface area (Å²) < 4.78 is 3.59. The van der Waals surface area contributed by atoms with Crippen LogP contribution in [0.25, 0.3) is 5.69 Å². The van der Waals surface area contributed by atoms with Crippen molar-refractivity contribution in [2.75, 3.05) is 5.32 Å². The summed E-state index contributed by atoms with van der Waals surface area (Å²) in [6.45, 7) is 0.843. The van der Waals surface area contributed by atoms with E-state index < -0.39 is 0 Å². The molecule has 1 amide bonds. The number of hydrogen-bond donors (Lipinski definition) is 1. The molecule has 116 valence electrons. The van der Waals surface area contributed by atoms with Crippen molar-refractivity contribution in [3.8, 4) is 5.69 Å². The summed E-state index contributed by atoms with van der Waals surface area (Å²) in [6.07, 6.45) is 4.72. The summed E-state index contributed by atoms with van der Waals surface area (Å²) >= 11 is 0. The molecule has 0 atom stereocenters. The number of carbonyl (C=O) groups is 1. The second-order valence-corrected chi connectivity index (χ2v) is 5.47. The summed E-state index contributed by atoms with van der Waals surface area (Å²) in [6, 6.07) is 11.2. The molecule has 0 radical (unpaired) electrons. The lowest BCUT2D eigenvalue weighted by atomic mass is 10.2. The van der Waals surface area contributed by atoms with E-state index in [9.17, 15) is 4.79 Å². The van der Waals surface area contributed by atoms with Crippen molar-refractivity contribution in [2.45, 2.75) is 25.8 Å². The van der Waals surface area contributed by atoms with Gasteiger partial charge in [-0.15, -0.1) is 10.2 Å². The van der Waals surface area contributed by atoms with Crippen LogP contribution < -0.4 is 5.32 Å². The van der Waals surface area contributed by atoms with Gasteiger partial charge in [-0.25, -0.2) is 4.68 Å². The van der Waals surface area contributed by atoms with Crippen LogP contribution in [0.3, 0.4) is 0 Å². The molecule has 0 saturated heterocycles. The average Bonchev–Trinajstić information content (AvgIpc) is 3.23. The minimum atomic E-state index is -0.243. The normalized spacial score (nSPS) is 13.6. The minimum absolute atomic E-state index is 0.243. The number of benzene rings is 1. The SMILES string of the molecule is O=C(Nc1nnc2n1CCCC2)c1ccnn1-c1ccccc1. The Kier molecular flexibility index (Phi) is 3.38. The van der Waals surface area contributed by atoms with E-state index >= 15 is 0 Å². The molecule has 23 heavy (non-hydrogen) atoms. The molecule has 1 aromatic carbocycles. The predicted molar refractivity (Wildman–Crippen MR) is 84.5 cm³/mol. The number of anilines is 1. The van der Waals surface area contributed by atoms with Gasteiger partial charge in [0.2, 0.25) is 5.95 Å². The predicted octanol–water partition coefficient (Wildman–Crippen LogP) is 2.05. The standard InChI is InChI=1S/C16H16N6O/c23-15(18-16-20-19-14-8-4-5-11-21(14)16)13-9-10-17-22(13)12-6-2-1-3-7-12/h1-3,6-7,9-10H,4-5,8,11H2,(H,18,20,23). The topological polar surface area (TPSA) is 77.6 Å². The molecule has 0 unspecified atom stereocenters. The molecule has 0 bridgehead atoms. The van der Waals surface area contributed by atoms with Crippen LogP contribution in [0.4, 0.5) is 5.95 Å². The summed E-state index contributed by atoms with van der Waals surface area (Å²) in [7, 11) is 0. The zero-order valence-electron chi connectivity index (χ0n) is 12.5. The first-order valence-corrected chi connectivity index (χ1v) is 7.66. The Morgan fingerprint density at radius 3 is 2.83 bits per heavy atom. The van der Waals surface area contributed by atoms with Crippen molar-refractivity contribution in [3.63, 3.8) is 0 Å². The molecule has 3 aromatic rings. The maximum atomic E-state index is 12.6. The van der Waals surface area contributed by atoms with Crippen LogP contribution in [0.2, 0.25) is 0 Å². The van der Waals surface area contributed by atoms with Gasteiger partial charge in [-0.05, 0) is 31.0 Å². The first kappa shape index (κ1) is 13.7. The van der Waals surface area contributed by atoms with Gasteiger partial charge in [0.05, 0.1) is 11.9 Å². The smallest absolute Gasteiger partial charge is 0.276 e. The Morgan fingerprint density at radius 2 is 1.96 bits per heavy atom. The van der Waals surface area contributed by atoms with Gasteiger partial charge < -0.3 is 0 Å². The van der Waals surface area contributed by atoms with Gasteiger partial charge in [0.25, 0.3) is 5.91 Å². The number of hydrogen-bond acceptors (Lipinski definition) is 4. The number of para-hydroxylation sites is 1. The first-order chi connectivity index (χ1) is 11.3. The van der Waals surface area contributed by atoms with Crippen molar-refractivity contribution in [2.24, 2.45) is 0 Å². The lowest BCUT2D eigenvalue weighted by Gasteiger charge is -2.15. The molecule has 2 aromatic heterocycles. The highest BCUT2D eigenvalue weighted by molar-refractivity contribution is 6.02. The molecule has 0 saturated carbocycles. The molecule has 0 spiro atoms. The van der Waals surface area contributed by atoms with Crippen molar-refractivity contribution in [3.05, 3.63) is 54.1 Å². The molecule has 1 aliphatic rings. The van der Waals surface area contributed by atoms with Crippen LogP contribution in [0.1, 0.15) is 29.2 Å². The monoisotopic (exact) mass is 308 g/mol. The maximum absolute atomic E-state index is 12.6. The molecular weight excluding hydrogens is 292 g/mol. The van der Waals surface area contributed by atoms with E-state index in [4.69, 9.17) is 0 Å². The number of aryl methyl sites for hydroxylation is 1. The maximum Gasteiger partial charge on any atom is 0.276 e. The van der Waals surface area contributed by atoms with E-state index in [1.807, 2.05) is 34.9 Å². The highest BCUT2D eigenvalue weighted by atomic mass is 16.2. The van der Waals surface area contributed by atoms with Crippen molar-refractivity contribution < 1.29 is 4.79 Å². The van der Waals surface area contributed by atoms with Crippen molar-refractivity contribution >= 4 is 11.9 Å². The summed E-state index contributed by atoms with van der Waals surface area (Å²) in [5.74, 6) is 1.20. The number of rotatable bonds is 3. The van der Waals surface area contributed by atoms with E-state index in [-0.39, 0.29) is 5.91 Å². The van der Waals surface area contributed by atoms with E-state index in [0.29, 0.717) is 11.6 Å². The van der Waals surface area contributed by atoms with E-state index in [1.165, 1.54) is 0 Å². The number of nitrogens with zero attached hydrogens (tertiary/aromatic N) is 5. The number of aromatic nitrogens is 5. The third kappa shape index (κ3) is 2.50. The number of amides is 1. The van der Waals surface area contributed by atoms with Gasteiger partial charge in [0, 0.05) is 13.0 Å². The molecule has 4 rings (SSSR count). The molecule has 1 aliphatic heterocycles. The zero-order valence-corrected chi connectivity index (χ0v) is 12.5. The Morgan fingerprint density at radius 1 is 1.09 bits per heavy atom. The van der Waals surface area contributed by atoms with E-state index in [1.54, 1.807) is 16.9 Å². The summed E-state index contributed by atoms with van der Waals surface area (Å²) in [4.78, 5) is 12.6. The molecular formula is C16H16N6O. The third-order valence-electron chi connectivity index (χ3n) is 3.96. The Balaban J connectivity index is 1.61. The lowest BCUT2D eigenvalue weighted by molar-refractivity contribution is 0.101. The number of carbonyl (C=O) groups excluding carboxylic acids is 1. The van der Waals surface area contributed by atoms with Gasteiger partial charge in [-0.3, -0.25) is 14.7 Å². The van der Waals surface area contributed by atoms with Crippen molar-refractivity contribution in [1.82, 2.24) is 24.5 Å². The molecule has 7 nitrogen and oxygen atoms in total. The largest absolute Gasteiger partial charge is 0.297 e. The van der Waals surface area contributed by atoms with Gasteiger partial charge in [-0.2, -0.15) is 5.10 Å². The van der Waals surface area contributed by atoms with Gasteiger partial charge >= 0.3 is 0 Å². The van der Waals surface area contributed by atoms with Gasteiger partial charge in [-0.1, -0.05) is 18.2 Å². The minimum Gasteiger partial charge on any atom is -0.297 e. The zero-order chi connectivity index (χ0) is 15.6. The Hall–Kier alpha value is -2.96. The second-order valence-electron chi connectivity index (χ2n) is 5.47. The fourth-order valence-corrected chi connectivity index (χ4v) is 2.82.